The third kappa shape index (κ3) is 6.81. The second-order valence-corrected chi connectivity index (χ2v) is 6.47. The number of carbonyl (C=O) groups excluding carboxylic acids is 1. The van der Waals surface area contributed by atoms with E-state index in [9.17, 15) is 18.0 Å². The average molecular weight is 478 g/mol. The highest BCUT2D eigenvalue weighted by Gasteiger charge is 2.38. The summed E-state index contributed by atoms with van der Waals surface area (Å²) in [4.78, 5) is 33.3. The summed E-state index contributed by atoms with van der Waals surface area (Å²) in [6.07, 6.45) is 2.38. The molecule has 3 rings (SSSR count). The van der Waals surface area contributed by atoms with Crippen LogP contribution in [-0.2, 0) is 22.6 Å². The lowest BCUT2D eigenvalue weighted by Crippen LogP contribution is -2.29. The SMILES string of the molecule is Cc1nccn1CC(=O)NCCc1nc2ncc(Br)cn2n1.O=C(O)C(F)(F)F. The molecule has 0 unspecified atom stereocenters. The van der Waals surface area contributed by atoms with Gasteiger partial charge in [-0.1, -0.05) is 0 Å². The number of amides is 1. The minimum absolute atomic E-state index is 0.0641. The zero-order valence-electron chi connectivity index (χ0n) is 14.9. The summed E-state index contributed by atoms with van der Waals surface area (Å²) in [6, 6.07) is 0. The van der Waals surface area contributed by atoms with E-state index in [0.717, 1.165) is 10.3 Å². The van der Waals surface area contributed by atoms with Crippen molar-refractivity contribution in [1.29, 1.82) is 0 Å². The first-order valence-corrected chi connectivity index (χ1v) is 8.77. The van der Waals surface area contributed by atoms with Gasteiger partial charge in [-0.15, -0.1) is 5.10 Å². The topological polar surface area (TPSA) is 127 Å². The first kappa shape index (κ1) is 22.3. The number of hydrogen-bond donors (Lipinski definition) is 2. The predicted octanol–water partition coefficient (Wildman–Crippen LogP) is 1.38. The van der Waals surface area contributed by atoms with Gasteiger partial charge in [0.2, 0.25) is 5.91 Å². The van der Waals surface area contributed by atoms with Crippen LogP contribution < -0.4 is 5.32 Å². The molecule has 0 aliphatic rings. The van der Waals surface area contributed by atoms with Gasteiger partial charge in [0.25, 0.3) is 5.78 Å². The molecule has 0 saturated carbocycles. The Morgan fingerprint density at radius 3 is 2.59 bits per heavy atom. The molecule has 0 aromatic carbocycles. The largest absolute Gasteiger partial charge is 0.490 e. The fourth-order valence-corrected chi connectivity index (χ4v) is 2.30. The van der Waals surface area contributed by atoms with Crippen molar-refractivity contribution in [3.63, 3.8) is 0 Å². The molecule has 156 valence electrons. The zero-order valence-corrected chi connectivity index (χ0v) is 16.5. The number of aliphatic carboxylic acids is 1. The summed E-state index contributed by atoms with van der Waals surface area (Å²) in [5.41, 5.74) is 0. The molecule has 0 bridgehead atoms. The summed E-state index contributed by atoms with van der Waals surface area (Å²) in [6.45, 7) is 2.60. The Morgan fingerprint density at radius 1 is 1.31 bits per heavy atom. The van der Waals surface area contributed by atoms with Crippen molar-refractivity contribution in [1.82, 2.24) is 34.4 Å². The number of nitrogens with zero attached hydrogens (tertiary/aromatic N) is 6. The number of carbonyl (C=O) groups is 2. The molecule has 0 aliphatic heterocycles. The third-order valence-electron chi connectivity index (χ3n) is 3.36. The van der Waals surface area contributed by atoms with Crippen LogP contribution in [0.2, 0.25) is 0 Å². The normalized spacial score (nSPS) is 11.1. The fourth-order valence-electron chi connectivity index (χ4n) is 2.00. The Labute approximate surface area is 169 Å². The van der Waals surface area contributed by atoms with Crippen molar-refractivity contribution >= 4 is 33.6 Å². The van der Waals surface area contributed by atoms with E-state index in [1.165, 1.54) is 0 Å². The number of carboxylic acids is 1. The van der Waals surface area contributed by atoms with Crippen LogP contribution in [0.4, 0.5) is 13.2 Å². The summed E-state index contributed by atoms with van der Waals surface area (Å²) >= 11 is 3.33. The summed E-state index contributed by atoms with van der Waals surface area (Å²) in [5, 5.41) is 14.3. The van der Waals surface area contributed by atoms with Crippen LogP contribution in [0.3, 0.4) is 0 Å². The van der Waals surface area contributed by atoms with Crippen LogP contribution >= 0.6 is 15.9 Å². The van der Waals surface area contributed by atoms with Gasteiger partial charge in [0.05, 0.1) is 4.47 Å². The van der Waals surface area contributed by atoms with E-state index >= 15 is 0 Å². The molecule has 0 atom stereocenters. The first-order valence-electron chi connectivity index (χ1n) is 7.97. The Morgan fingerprint density at radius 2 is 2.00 bits per heavy atom. The molecule has 3 aromatic rings. The van der Waals surface area contributed by atoms with E-state index < -0.39 is 12.1 Å². The van der Waals surface area contributed by atoms with E-state index in [2.05, 4.69) is 41.3 Å². The summed E-state index contributed by atoms with van der Waals surface area (Å²) in [7, 11) is 0. The van der Waals surface area contributed by atoms with Crippen LogP contribution in [0.5, 0.6) is 0 Å². The number of fused-ring (bicyclic) bond motifs is 1. The molecule has 2 N–H and O–H groups in total. The Hall–Kier alpha value is -3.03. The lowest BCUT2D eigenvalue weighted by atomic mass is 10.4. The van der Waals surface area contributed by atoms with Gasteiger partial charge in [-0.05, 0) is 22.9 Å². The standard InChI is InChI=1S/C13H14BrN7O.C2HF3O2/c1-9-15-4-5-20(9)8-12(22)16-3-2-11-18-13-17-6-10(14)7-21(13)19-11;3-2(4,5)1(6)7/h4-7H,2-3,8H2,1H3,(H,16,22);(H,6,7). The number of alkyl halides is 3. The first-order chi connectivity index (χ1) is 13.6. The summed E-state index contributed by atoms with van der Waals surface area (Å²) in [5.74, 6) is -0.824. The number of aryl methyl sites for hydroxylation is 1. The van der Waals surface area contributed by atoms with E-state index in [1.807, 2.05) is 6.92 Å². The number of rotatable bonds is 5. The van der Waals surface area contributed by atoms with Crippen molar-refractivity contribution < 1.29 is 27.9 Å². The molecule has 0 radical (unpaired) electrons. The number of nitrogens with one attached hydrogen (secondary N) is 1. The molecular weight excluding hydrogens is 463 g/mol. The molecule has 3 heterocycles. The molecule has 0 spiro atoms. The van der Waals surface area contributed by atoms with Crippen LogP contribution in [0.1, 0.15) is 11.6 Å². The van der Waals surface area contributed by atoms with Gasteiger partial charge >= 0.3 is 12.1 Å². The molecule has 0 aliphatic carbocycles. The van der Waals surface area contributed by atoms with Gasteiger partial charge in [-0.3, -0.25) is 4.79 Å². The third-order valence-corrected chi connectivity index (χ3v) is 3.77. The van der Waals surface area contributed by atoms with Gasteiger partial charge in [0, 0.05) is 37.8 Å². The number of aromatic nitrogens is 6. The zero-order chi connectivity index (χ0) is 21.6. The Kier molecular flexibility index (Phi) is 7.25. The molecule has 0 saturated heterocycles. The van der Waals surface area contributed by atoms with Gasteiger partial charge in [-0.2, -0.15) is 18.2 Å². The minimum Gasteiger partial charge on any atom is -0.475 e. The van der Waals surface area contributed by atoms with Crippen molar-refractivity contribution in [3.05, 3.63) is 40.9 Å². The molecule has 1 amide bonds. The predicted molar refractivity (Wildman–Crippen MR) is 95.9 cm³/mol. The highest BCUT2D eigenvalue weighted by Crippen LogP contribution is 2.13. The average Bonchev–Trinajstić information content (AvgIpc) is 3.20. The van der Waals surface area contributed by atoms with Crippen molar-refractivity contribution in [3.8, 4) is 0 Å². The van der Waals surface area contributed by atoms with Gasteiger partial charge in [0.15, 0.2) is 5.82 Å². The number of imidazole rings is 1. The van der Waals surface area contributed by atoms with Crippen molar-refractivity contribution in [2.24, 2.45) is 0 Å². The molecule has 29 heavy (non-hydrogen) atoms. The fraction of sp³-hybridized carbons (Fsp3) is 0.333. The van der Waals surface area contributed by atoms with Crippen molar-refractivity contribution in [2.75, 3.05) is 6.54 Å². The number of halogens is 4. The summed E-state index contributed by atoms with van der Waals surface area (Å²) < 4.78 is 36.0. The molecule has 14 heteroatoms. The molecule has 10 nitrogen and oxygen atoms in total. The maximum absolute atomic E-state index is 11.8. The Balaban J connectivity index is 0.000000370. The van der Waals surface area contributed by atoms with Crippen LogP contribution in [0, 0.1) is 6.92 Å². The number of hydrogen-bond acceptors (Lipinski definition) is 6. The second kappa shape index (κ2) is 9.45. The van der Waals surface area contributed by atoms with Gasteiger partial charge < -0.3 is 15.0 Å². The van der Waals surface area contributed by atoms with Gasteiger partial charge in [-0.25, -0.2) is 19.3 Å². The van der Waals surface area contributed by atoms with Gasteiger partial charge in [0.1, 0.15) is 12.4 Å². The lowest BCUT2D eigenvalue weighted by Gasteiger charge is -2.05. The maximum Gasteiger partial charge on any atom is 0.490 e. The monoisotopic (exact) mass is 477 g/mol. The minimum atomic E-state index is -5.08. The van der Waals surface area contributed by atoms with Crippen LogP contribution in [0.25, 0.3) is 5.78 Å². The lowest BCUT2D eigenvalue weighted by molar-refractivity contribution is -0.192. The van der Waals surface area contributed by atoms with E-state index in [-0.39, 0.29) is 12.5 Å². The molecule has 0 fully saturated rings. The second-order valence-electron chi connectivity index (χ2n) is 5.55. The van der Waals surface area contributed by atoms with Crippen LogP contribution in [-0.4, -0.2) is 58.8 Å². The highest BCUT2D eigenvalue weighted by atomic mass is 79.9. The highest BCUT2D eigenvalue weighted by molar-refractivity contribution is 9.10. The quantitative estimate of drug-likeness (QED) is 0.568. The van der Waals surface area contributed by atoms with Crippen molar-refractivity contribution in [2.45, 2.75) is 26.1 Å². The van der Waals surface area contributed by atoms with E-state index in [4.69, 9.17) is 9.90 Å². The van der Waals surface area contributed by atoms with E-state index in [1.54, 1.807) is 33.9 Å². The Bertz CT molecular complexity index is 1000. The van der Waals surface area contributed by atoms with E-state index in [0.29, 0.717) is 24.6 Å². The molecular formula is C15H15BrF3N7O3. The smallest absolute Gasteiger partial charge is 0.475 e. The molecule has 3 aromatic heterocycles. The van der Waals surface area contributed by atoms with Crippen LogP contribution in [0.15, 0.2) is 29.3 Å². The number of carboxylic acid groups (broad SMARTS) is 1. The maximum atomic E-state index is 11.8.